The number of hydrogen-bond acceptors (Lipinski definition) is 1. The summed E-state index contributed by atoms with van der Waals surface area (Å²) < 4.78 is 12.7. The number of hydrogen-bond donors (Lipinski definition) is 1. The Balaban J connectivity index is 0.00000200. The van der Waals surface area contributed by atoms with E-state index in [0.717, 1.165) is 24.1 Å². The Morgan fingerprint density at radius 3 is 2.35 bits per heavy atom. The molecule has 0 aromatic heterocycles. The van der Waals surface area contributed by atoms with Crippen LogP contribution in [0.5, 0.6) is 0 Å². The fraction of sp³-hybridized carbons (Fsp3) is 0.176. The van der Waals surface area contributed by atoms with Crippen molar-refractivity contribution in [3.8, 4) is 11.8 Å². The molecule has 2 rings (SSSR count). The highest BCUT2D eigenvalue weighted by Crippen LogP contribution is 2.02. The number of rotatable bonds is 4. The predicted octanol–water partition coefficient (Wildman–Crippen LogP) is 0.0135. The van der Waals surface area contributed by atoms with Gasteiger partial charge in [0.1, 0.15) is 5.82 Å². The molecule has 1 nitrogen and oxygen atoms in total. The van der Waals surface area contributed by atoms with Crippen LogP contribution in [0.2, 0.25) is 0 Å². The molecule has 104 valence electrons. The highest BCUT2D eigenvalue weighted by molar-refractivity contribution is 5.33. The van der Waals surface area contributed by atoms with E-state index < -0.39 is 0 Å². The minimum Gasteiger partial charge on any atom is -1.00 e. The maximum absolute atomic E-state index is 12.7. The van der Waals surface area contributed by atoms with Crippen LogP contribution in [0.3, 0.4) is 0 Å². The first-order chi connectivity index (χ1) is 9.34. The minimum atomic E-state index is -0.189. The van der Waals surface area contributed by atoms with Crippen molar-refractivity contribution in [2.24, 2.45) is 0 Å². The van der Waals surface area contributed by atoms with Crippen molar-refractivity contribution >= 4 is 0 Å². The molecule has 0 unspecified atom stereocenters. The Kier molecular flexibility index (Phi) is 7.42. The molecule has 0 aliphatic carbocycles. The second-order valence-electron chi connectivity index (χ2n) is 4.22. The molecule has 0 heterocycles. The van der Waals surface area contributed by atoms with E-state index in [-0.39, 0.29) is 18.2 Å². The highest BCUT2D eigenvalue weighted by Gasteiger charge is 1.93. The molecule has 20 heavy (non-hydrogen) atoms. The summed E-state index contributed by atoms with van der Waals surface area (Å²) in [6, 6.07) is 16.5. The average molecular weight is 289 g/mol. The van der Waals surface area contributed by atoms with Gasteiger partial charge in [0.2, 0.25) is 0 Å². The van der Waals surface area contributed by atoms with E-state index in [1.54, 1.807) is 0 Å². The molecule has 0 saturated heterocycles. The van der Waals surface area contributed by atoms with E-state index in [2.05, 4.69) is 17.2 Å². The van der Waals surface area contributed by atoms with Crippen LogP contribution in [0.25, 0.3) is 0 Å². The molecule has 0 radical (unpaired) electrons. The lowest BCUT2D eigenvalue weighted by molar-refractivity contribution is -0.00000443. The van der Waals surface area contributed by atoms with Crippen LogP contribution >= 0.6 is 0 Å². The maximum Gasteiger partial charge on any atom is 0.123 e. The van der Waals surface area contributed by atoms with Crippen molar-refractivity contribution in [2.45, 2.75) is 6.42 Å². The van der Waals surface area contributed by atoms with Crippen molar-refractivity contribution in [1.82, 2.24) is 5.32 Å². The fourth-order valence-corrected chi connectivity index (χ4v) is 1.70. The van der Waals surface area contributed by atoms with Crippen LogP contribution in [-0.2, 0) is 6.42 Å². The molecule has 2 aromatic carbocycles. The van der Waals surface area contributed by atoms with E-state index in [9.17, 15) is 4.39 Å². The van der Waals surface area contributed by atoms with E-state index in [0.29, 0.717) is 6.54 Å². The van der Waals surface area contributed by atoms with Gasteiger partial charge in [-0.25, -0.2) is 4.39 Å². The Bertz CT molecular complexity index is 555. The van der Waals surface area contributed by atoms with Crippen molar-refractivity contribution in [3.05, 3.63) is 71.5 Å². The lowest BCUT2D eigenvalue weighted by Gasteiger charge is -2.01. The summed E-state index contributed by atoms with van der Waals surface area (Å²) in [5.41, 5.74) is 2.16. The molecule has 0 aliphatic heterocycles. The van der Waals surface area contributed by atoms with Gasteiger partial charge in [-0.15, -0.1) is 0 Å². The van der Waals surface area contributed by atoms with E-state index in [1.807, 2.05) is 42.5 Å². The van der Waals surface area contributed by atoms with Crippen molar-refractivity contribution < 1.29 is 16.8 Å². The Labute approximate surface area is 125 Å². The molecule has 1 N–H and O–H groups in total. The number of benzene rings is 2. The Morgan fingerprint density at radius 1 is 0.950 bits per heavy atom. The van der Waals surface area contributed by atoms with E-state index in [1.165, 1.54) is 12.1 Å². The molecule has 0 bridgehead atoms. The van der Waals surface area contributed by atoms with Gasteiger partial charge in [-0.05, 0) is 36.2 Å². The van der Waals surface area contributed by atoms with Crippen LogP contribution in [-0.4, -0.2) is 13.1 Å². The van der Waals surface area contributed by atoms with Crippen molar-refractivity contribution in [1.29, 1.82) is 0 Å². The average Bonchev–Trinajstić information content (AvgIpc) is 2.46. The molecule has 2 aromatic rings. The van der Waals surface area contributed by atoms with Gasteiger partial charge in [0.05, 0.1) is 6.54 Å². The van der Waals surface area contributed by atoms with Gasteiger partial charge in [-0.1, -0.05) is 42.2 Å². The summed E-state index contributed by atoms with van der Waals surface area (Å²) in [6.45, 7) is 1.51. The van der Waals surface area contributed by atoms with Crippen LogP contribution < -0.4 is 17.7 Å². The lowest BCUT2D eigenvalue weighted by Crippen LogP contribution is -3.00. The predicted molar refractivity (Wildman–Crippen MR) is 76.3 cm³/mol. The van der Waals surface area contributed by atoms with Crippen LogP contribution in [0.15, 0.2) is 54.6 Å². The Hall–Kier alpha value is -1.82. The summed E-state index contributed by atoms with van der Waals surface area (Å²) in [4.78, 5) is 0. The standard InChI is InChI=1S/C17H16FN.ClH/c18-17-10-8-16(9-11-17)12-14-19-13-4-7-15-5-2-1-3-6-15;/h1-3,5-6,8-11,19H,12-14H2;1H/p-1. The molecule has 0 spiro atoms. The SMILES string of the molecule is Fc1ccc(CCNCC#Cc2ccccc2)cc1.[Cl-]. The van der Waals surface area contributed by atoms with Gasteiger partial charge in [0, 0.05) is 12.1 Å². The van der Waals surface area contributed by atoms with Gasteiger partial charge >= 0.3 is 0 Å². The summed E-state index contributed by atoms with van der Waals surface area (Å²) in [6.07, 6.45) is 0.882. The zero-order valence-electron chi connectivity index (χ0n) is 11.1. The monoisotopic (exact) mass is 288 g/mol. The Morgan fingerprint density at radius 2 is 1.65 bits per heavy atom. The van der Waals surface area contributed by atoms with Gasteiger partial charge in [0.25, 0.3) is 0 Å². The molecule has 0 amide bonds. The van der Waals surface area contributed by atoms with Crippen LogP contribution in [0.1, 0.15) is 11.1 Å². The third-order valence-electron chi connectivity index (χ3n) is 2.72. The first-order valence-electron chi connectivity index (χ1n) is 6.34. The van der Waals surface area contributed by atoms with Crippen LogP contribution in [0, 0.1) is 17.7 Å². The van der Waals surface area contributed by atoms with Crippen molar-refractivity contribution in [2.75, 3.05) is 13.1 Å². The second kappa shape index (κ2) is 9.14. The quantitative estimate of drug-likeness (QED) is 0.618. The van der Waals surface area contributed by atoms with Crippen LogP contribution in [0.4, 0.5) is 4.39 Å². The van der Waals surface area contributed by atoms with Gasteiger partial charge in [0.15, 0.2) is 0 Å². The molecular formula is C17H16ClFN-. The minimum absolute atomic E-state index is 0. The van der Waals surface area contributed by atoms with Gasteiger partial charge in [-0.2, -0.15) is 0 Å². The number of nitrogens with one attached hydrogen (secondary N) is 1. The summed E-state index contributed by atoms with van der Waals surface area (Å²) in [5.74, 6) is 5.98. The number of halogens is 2. The first-order valence-corrected chi connectivity index (χ1v) is 6.34. The smallest absolute Gasteiger partial charge is 0.123 e. The second-order valence-corrected chi connectivity index (χ2v) is 4.22. The molecule has 0 saturated carbocycles. The van der Waals surface area contributed by atoms with Gasteiger partial charge in [-0.3, -0.25) is 0 Å². The first kappa shape index (κ1) is 16.2. The summed E-state index contributed by atoms with van der Waals surface area (Å²) >= 11 is 0. The van der Waals surface area contributed by atoms with E-state index >= 15 is 0 Å². The normalized spacial score (nSPS) is 9.25. The molecule has 0 aliphatic rings. The topological polar surface area (TPSA) is 12.0 Å². The zero-order chi connectivity index (χ0) is 13.3. The summed E-state index contributed by atoms with van der Waals surface area (Å²) in [7, 11) is 0. The highest BCUT2D eigenvalue weighted by atomic mass is 35.5. The third-order valence-corrected chi connectivity index (χ3v) is 2.72. The third kappa shape index (κ3) is 5.88. The lowest BCUT2D eigenvalue weighted by atomic mass is 10.1. The van der Waals surface area contributed by atoms with Crippen molar-refractivity contribution in [3.63, 3.8) is 0 Å². The zero-order valence-corrected chi connectivity index (χ0v) is 11.8. The van der Waals surface area contributed by atoms with E-state index in [4.69, 9.17) is 0 Å². The maximum atomic E-state index is 12.7. The molecule has 0 atom stereocenters. The van der Waals surface area contributed by atoms with Gasteiger partial charge < -0.3 is 17.7 Å². The summed E-state index contributed by atoms with van der Waals surface area (Å²) in [5, 5.41) is 3.25. The molecule has 3 heteroatoms. The largest absolute Gasteiger partial charge is 1.00 e. The molecule has 0 fully saturated rings. The molecular weight excluding hydrogens is 273 g/mol. The fourth-order valence-electron chi connectivity index (χ4n) is 1.70.